The maximum Gasteiger partial charge on any atom is 0.407 e. The highest BCUT2D eigenvalue weighted by Gasteiger charge is 2.35. The molecule has 0 aliphatic rings. The van der Waals surface area contributed by atoms with Crippen LogP contribution in [0.5, 0.6) is 5.75 Å². The Kier molecular flexibility index (Phi) is 11.1. The summed E-state index contributed by atoms with van der Waals surface area (Å²) >= 11 is 0. The van der Waals surface area contributed by atoms with E-state index < -0.39 is 39.3 Å². The zero-order valence-corrected chi connectivity index (χ0v) is 24.0. The molecule has 0 fully saturated rings. The number of alkyl carbamates (subject to hydrolysis) is 1. The first-order valence-corrected chi connectivity index (χ1v) is 14.1. The molecule has 212 valence electrons. The van der Waals surface area contributed by atoms with E-state index in [2.05, 4.69) is 5.32 Å². The van der Waals surface area contributed by atoms with Crippen LogP contribution < -0.4 is 10.1 Å². The molecular weight excluding hydrogens is 508 g/mol. The van der Waals surface area contributed by atoms with E-state index in [1.807, 2.05) is 44.2 Å². The molecule has 2 aromatic carbocycles. The normalized spacial score (nSPS) is 14.1. The number of hydrogen-bond acceptors (Lipinski definition) is 7. The first-order chi connectivity index (χ1) is 17.7. The third kappa shape index (κ3) is 9.90. The van der Waals surface area contributed by atoms with Gasteiger partial charge in [0.25, 0.3) is 0 Å². The predicted octanol–water partition coefficient (Wildman–Crippen LogP) is 3.59. The number of amides is 1. The van der Waals surface area contributed by atoms with Crippen molar-refractivity contribution in [1.82, 2.24) is 9.62 Å². The highest BCUT2D eigenvalue weighted by atomic mass is 32.2. The number of benzene rings is 2. The second kappa shape index (κ2) is 13.4. The molecule has 38 heavy (non-hydrogen) atoms. The average molecular weight is 551 g/mol. The number of carbonyl (C=O) groups is 1. The van der Waals surface area contributed by atoms with Gasteiger partial charge in [-0.1, -0.05) is 44.2 Å². The summed E-state index contributed by atoms with van der Waals surface area (Å²) in [6, 6.07) is 14.5. The summed E-state index contributed by atoms with van der Waals surface area (Å²) in [6.07, 6.45) is -1.35. The molecule has 0 bridgehead atoms. The van der Waals surface area contributed by atoms with Gasteiger partial charge in [0.1, 0.15) is 11.4 Å². The van der Waals surface area contributed by atoms with Crippen LogP contribution in [-0.2, 0) is 21.2 Å². The Morgan fingerprint density at radius 2 is 1.63 bits per heavy atom. The van der Waals surface area contributed by atoms with E-state index in [-0.39, 0.29) is 31.0 Å². The van der Waals surface area contributed by atoms with Gasteiger partial charge in [0, 0.05) is 19.7 Å². The molecule has 9 nitrogen and oxygen atoms in total. The fourth-order valence-electron chi connectivity index (χ4n) is 3.95. The van der Waals surface area contributed by atoms with Crippen LogP contribution in [0.25, 0.3) is 0 Å². The van der Waals surface area contributed by atoms with Crippen molar-refractivity contribution >= 4 is 16.1 Å². The lowest BCUT2D eigenvalue weighted by atomic mass is 9.89. The Hall–Kier alpha value is -2.66. The van der Waals surface area contributed by atoms with Crippen LogP contribution >= 0.6 is 0 Å². The van der Waals surface area contributed by atoms with Crippen molar-refractivity contribution in [3.05, 3.63) is 60.2 Å². The molecule has 0 aliphatic heterocycles. The minimum atomic E-state index is -4.04. The van der Waals surface area contributed by atoms with Crippen LogP contribution in [0, 0.1) is 5.41 Å². The maximum absolute atomic E-state index is 13.7. The number of rotatable bonds is 13. The number of aliphatic hydroxyl groups is 2. The smallest absolute Gasteiger partial charge is 0.407 e. The van der Waals surface area contributed by atoms with Crippen LogP contribution in [-0.4, -0.2) is 73.6 Å². The molecule has 0 spiro atoms. The summed E-state index contributed by atoms with van der Waals surface area (Å²) in [7, 11) is -2.55. The SMILES string of the molecule is COc1ccc(S(=O)(=O)N(C[C@@H](O)[C@H](Cc2ccccc2)NC(=O)OC(C)(C)C)CC(C)(C)CCO)cc1. The first kappa shape index (κ1) is 31.6. The van der Waals surface area contributed by atoms with Gasteiger partial charge in [0.05, 0.1) is 24.2 Å². The zero-order chi connectivity index (χ0) is 28.6. The van der Waals surface area contributed by atoms with Gasteiger partial charge in [-0.15, -0.1) is 0 Å². The topological polar surface area (TPSA) is 125 Å². The van der Waals surface area contributed by atoms with Crippen LogP contribution in [0.15, 0.2) is 59.5 Å². The van der Waals surface area contributed by atoms with Crippen molar-refractivity contribution in [3.63, 3.8) is 0 Å². The van der Waals surface area contributed by atoms with Gasteiger partial charge in [0.2, 0.25) is 10.0 Å². The lowest BCUT2D eigenvalue weighted by Crippen LogP contribution is -2.52. The maximum atomic E-state index is 13.7. The number of methoxy groups -OCH3 is 1. The quantitative estimate of drug-likeness (QED) is 0.348. The zero-order valence-electron chi connectivity index (χ0n) is 23.2. The van der Waals surface area contributed by atoms with Gasteiger partial charge in [-0.2, -0.15) is 4.31 Å². The third-order valence-electron chi connectivity index (χ3n) is 5.95. The van der Waals surface area contributed by atoms with E-state index >= 15 is 0 Å². The standard InChI is InChI=1S/C28H42N2O7S/c1-27(2,3)37-26(33)29-24(18-21-10-8-7-9-11-21)25(32)19-30(20-28(4,5)16-17-31)38(34,35)23-14-12-22(36-6)13-15-23/h7-15,24-25,31-32H,16-20H2,1-6H3,(H,29,33)/t24-,25+/m0/s1. The number of hydrogen-bond donors (Lipinski definition) is 3. The van der Waals surface area contributed by atoms with E-state index in [4.69, 9.17) is 9.47 Å². The fourth-order valence-corrected chi connectivity index (χ4v) is 5.60. The molecule has 0 heterocycles. The molecule has 1 amide bonds. The van der Waals surface area contributed by atoms with Gasteiger partial charge in [-0.05, 0) is 68.9 Å². The molecule has 0 saturated carbocycles. The lowest BCUT2D eigenvalue weighted by molar-refractivity contribution is 0.0389. The van der Waals surface area contributed by atoms with Gasteiger partial charge < -0.3 is 25.0 Å². The molecule has 0 unspecified atom stereocenters. The van der Waals surface area contributed by atoms with E-state index in [9.17, 15) is 23.4 Å². The Labute approximate surface area is 226 Å². The van der Waals surface area contributed by atoms with Gasteiger partial charge in [-0.3, -0.25) is 0 Å². The lowest BCUT2D eigenvalue weighted by Gasteiger charge is -2.35. The second-order valence-corrected chi connectivity index (χ2v) is 13.1. The number of ether oxygens (including phenoxy) is 2. The Morgan fingerprint density at radius 1 is 1.03 bits per heavy atom. The monoisotopic (exact) mass is 550 g/mol. The van der Waals surface area contributed by atoms with E-state index in [0.717, 1.165) is 5.56 Å². The third-order valence-corrected chi connectivity index (χ3v) is 7.77. The van der Waals surface area contributed by atoms with Gasteiger partial charge in [0.15, 0.2) is 0 Å². The predicted molar refractivity (Wildman–Crippen MR) is 147 cm³/mol. The van der Waals surface area contributed by atoms with Crippen LogP contribution in [0.4, 0.5) is 4.79 Å². The summed E-state index contributed by atoms with van der Waals surface area (Å²) in [6.45, 7) is 8.58. The molecule has 0 aliphatic carbocycles. The number of nitrogens with one attached hydrogen (secondary N) is 1. The molecule has 2 rings (SSSR count). The number of aliphatic hydroxyl groups excluding tert-OH is 2. The fraction of sp³-hybridized carbons (Fsp3) is 0.536. The molecular formula is C28H42N2O7S. The summed E-state index contributed by atoms with van der Waals surface area (Å²) in [4.78, 5) is 12.7. The van der Waals surface area contributed by atoms with E-state index in [1.54, 1.807) is 32.9 Å². The minimum Gasteiger partial charge on any atom is -0.497 e. The molecule has 3 N–H and O–H groups in total. The Bertz CT molecular complexity index is 1110. The van der Waals surface area contributed by atoms with E-state index in [1.165, 1.54) is 23.5 Å². The van der Waals surface area contributed by atoms with Crippen LogP contribution in [0.2, 0.25) is 0 Å². The van der Waals surface area contributed by atoms with Gasteiger partial charge >= 0.3 is 6.09 Å². The first-order valence-electron chi connectivity index (χ1n) is 12.6. The van der Waals surface area contributed by atoms with Crippen molar-refractivity contribution < 1.29 is 32.9 Å². The number of sulfonamides is 1. The van der Waals surface area contributed by atoms with Gasteiger partial charge in [-0.25, -0.2) is 13.2 Å². The van der Waals surface area contributed by atoms with Crippen molar-refractivity contribution in [1.29, 1.82) is 0 Å². The Morgan fingerprint density at radius 3 is 2.16 bits per heavy atom. The molecule has 0 radical (unpaired) electrons. The highest BCUT2D eigenvalue weighted by molar-refractivity contribution is 7.89. The Balaban J connectivity index is 2.40. The van der Waals surface area contributed by atoms with Crippen LogP contribution in [0.3, 0.4) is 0 Å². The summed E-state index contributed by atoms with van der Waals surface area (Å²) < 4.78 is 39.2. The van der Waals surface area contributed by atoms with Crippen molar-refractivity contribution in [2.75, 3.05) is 26.8 Å². The van der Waals surface area contributed by atoms with Crippen LogP contribution in [0.1, 0.15) is 46.6 Å². The molecule has 0 aromatic heterocycles. The summed E-state index contributed by atoms with van der Waals surface area (Å²) in [5.41, 5.74) is -0.468. The molecule has 10 heteroatoms. The van der Waals surface area contributed by atoms with E-state index in [0.29, 0.717) is 12.2 Å². The highest BCUT2D eigenvalue weighted by Crippen LogP contribution is 2.27. The summed E-state index contributed by atoms with van der Waals surface area (Å²) in [5, 5.41) is 23.6. The van der Waals surface area contributed by atoms with Crippen molar-refractivity contribution in [2.24, 2.45) is 5.41 Å². The molecule has 2 aromatic rings. The van der Waals surface area contributed by atoms with Crippen molar-refractivity contribution in [3.8, 4) is 5.75 Å². The molecule has 0 saturated heterocycles. The number of carbonyl (C=O) groups excluding carboxylic acids is 1. The van der Waals surface area contributed by atoms with Crippen molar-refractivity contribution in [2.45, 2.75) is 70.1 Å². The largest absolute Gasteiger partial charge is 0.497 e. The number of nitrogens with zero attached hydrogens (tertiary/aromatic N) is 1. The molecule has 2 atom stereocenters. The summed E-state index contributed by atoms with van der Waals surface area (Å²) in [5.74, 6) is 0.514. The second-order valence-electron chi connectivity index (χ2n) is 11.1. The average Bonchev–Trinajstić information content (AvgIpc) is 2.82. The minimum absolute atomic E-state index is 0.0451.